The first kappa shape index (κ1) is 30.5. The van der Waals surface area contributed by atoms with Gasteiger partial charge in [-0.1, -0.05) is 53.5 Å². The third-order valence-corrected chi connectivity index (χ3v) is 7.10. The van der Waals surface area contributed by atoms with Crippen LogP contribution in [-0.2, 0) is 16.0 Å². The van der Waals surface area contributed by atoms with Crippen molar-refractivity contribution in [3.63, 3.8) is 0 Å². The summed E-state index contributed by atoms with van der Waals surface area (Å²) in [7, 11) is 2.62. The molecule has 0 radical (unpaired) electrons. The normalized spacial score (nSPS) is 11.5. The highest BCUT2D eigenvalue weighted by Crippen LogP contribution is 2.33. The Morgan fingerprint density at radius 3 is 2.29 bits per heavy atom. The van der Waals surface area contributed by atoms with Gasteiger partial charge in [-0.2, -0.15) is 0 Å². The van der Waals surface area contributed by atoms with Gasteiger partial charge in [-0.05, 0) is 67.3 Å². The average molecular weight is 608 g/mol. The summed E-state index contributed by atoms with van der Waals surface area (Å²) in [5.41, 5.74) is 1.80. The van der Waals surface area contributed by atoms with Gasteiger partial charge in [0.05, 0.1) is 30.4 Å². The first-order valence-electron chi connectivity index (χ1n) is 12.8. The number of aryl methyl sites for hydroxylation is 1. The van der Waals surface area contributed by atoms with E-state index in [2.05, 4.69) is 10.4 Å². The number of carbonyl (C=O) groups is 3. The minimum Gasteiger partial charge on any atom is -0.480 e. The molecule has 11 heteroatoms. The Hall–Kier alpha value is -4.47. The van der Waals surface area contributed by atoms with Crippen LogP contribution >= 0.6 is 23.2 Å². The fraction of sp³-hybridized carbons (Fsp3) is 0.194. The van der Waals surface area contributed by atoms with Crippen molar-refractivity contribution < 1.29 is 23.9 Å². The molecule has 0 aliphatic rings. The molecule has 216 valence electrons. The lowest BCUT2D eigenvalue weighted by atomic mass is 9.98. The number of rotatable bonds is 10. The zero-order valence-corrected chi connectivity index (χ0v) is 24.5. The van der Waals surface area contributed by atoms with E-state index in [0.29, 0.717) is 28.3 Å². The number of hydrogen-bond donors (Lipinski definition) is 1. The Bertz CT molecular complexity index is 1710. The highest BCUT2D eigenvalue weighted by Gasteiger charge is 2.26. The molecule has 0 bridgehead atoms. The molecule has 0 saturated carbocycles. The second kappa shape index (κ2) is 13.5. The molecule has 42 heavy (non-hydrogen) atoms. The van der Waals surface area contributed by atoms with Crippen molar-refractivity contribution in [2.75, 3.05) is 19.5 Å². The number of nitrogens with zero attached hydrogens (tertiary/aromatic N) is 2. The van der Waals surface area contributed by atoms with E-state index in [1.807, 2.05) is 30.3 Å². The third kappa shape index (κ3) is 6.87. The van der Waals surface area contributed by atoms with Crippen LogP contribution < -0.4 is 15.6 Å². The summed E-state index contributed by atoms with van der Waals surface area (Å²) in [6.45, 7) is 1.40. The lowest BCUT2D eigenvalue weighted by Gasteiger charge is -2.20. The summed E-state index contributed by atoms with van der Waals surface area (Å²) in [5, 5.41) is 7.63. The number of hydrogen-bond acceptors (Lipinski definition) is 7. The second-order valence-corrected chi connectivity index (χ2v) is 10.2. The Morgan fingerprint density at radius 1 is 0.929 bits per heavy atom. The third-order valence-electron chi connectivity index (χ3n) is 6.56. The number of ketones is 1. The maximum Gasteiger partial charge on any atom is 0.339 e. The van der Waals surface area contributed by atoms with Crippen molar-refractivity contribution in [3.8, 4) is 17.0 Å². The number of ether oxygens (including phenoxy) is 2. The van der Waals surface area contributed by atoms with Gasteiger partial charge in [0.2, 0.25) is 11.8 Å². The van der Waals surface area contributed by atoms with Gasteiger partial charge >= 0.3 is 5.97 Å². The molecule has 0 unspecified atom stereocenters. The molecular weight excluding hydrogens is 581 g/mol. The predicted octanol–water partition coefficient (Wildman–Crippen LogP) is 6.03. The van der Waals surface area contributed by atoms with Gasteiger partial charge in [-0.15, -0.1) is 5.10 Å². The van der Waals surface area contributed by atoms with E-state index >= 15 is 0 Å². The van der Waals surface area contributed by atoms with Crippen molar-refractivity contribution in [1.29, 1.82) is 0 Å². The Kier molecular flexibility index (Phi) is 9.77. The van der Waals surface area contributed by atoms with Gasteiger partial charge in [-0.25, -0.2) is 9.48 Å². The average Bonchev–Trinajstić information content (AvgIpc) is 2.97. The molecule has 0 fully saturated rings. The van der Waals surface area contributed by atoms with Gasteiger partial charge in [0.25, 0.3) is 5.56 Å². The molecule has 1 heterocycles. The molecule has 4 rings (SSSR count). The largest absolute Gasteiger partial charge is 0.480 e. The highest BCUT2D eigenvalue weighted by atomic mass is 35.5. The van der Waals surface area contributed by atoms with E-state index in [4.69, 9.17) is 32.7 Å². The Labute approximate surface area is 252 Å². The van der Waals surface area contributed by atoms with Crippen molar-refractivity contribution in [2.24, 2.45) is 0 Å². The summed E-state index contributed by atoms with van der Waals surface area (Å²) in [6, 6.07) is 18.8. The van der Waals surface area contributed by atoms with Crippen LogP contribution in [0.4, 0.5) is 5.69 Å². The van der Waals surface area contributed by atoms with Crippen LogP contribution in [-0.4, -0.2) is 41.7 Å². The van der Waals surface area contributed by atoms with Crippen LogP contribution in [0.3, 0.4) is 0 Å². The summed E-state index contributed by atoms with van der Waals surface area (Å²) in [4.78, 5) is 51.4. The number of halogens is 2. The molecule has 1 amide bonds. The van der Waals surface area contributed by atoms with Crippen LogP contribution in [0, 0.1) is 0 Å². The quantitative estimate of drug-likeness (QED) is 0.173. The number of anilines is 1. The molecule has 1 N–H and O–H groups in total. The SMILES string of the molecule is COC(=O)c1ccc(NC(=O)[C@H](CCc2ccccc2)n2nc(OC)c(-c3cc(Cl)ccc3C(C)=O)cc2=O)cc1Cl. The lowest BCUT2D eigenvalue weighted by Crippen LogP contribution is -2.35. The molecule has 1 atom stereocenters. The fourth-order valence-electron chi connectivity index (χ4n) is 4.47. The maximum absolute atomic E-state index is 13.7. The van der Waals surface area contributed by atoms with Crippen LogP contribution in [0.25, 0.3) is 11.1 Å². The van der Waals surface area contributed by atoms with Gasteiger partial charge in [0.15, 0.2) is 5.78 Å². The van der Waals surface area contributed by atoms with E-state index in [1.165, 1.54) is 45.4 Å². The number of benzene rings is 3. The Morgan fingerprint density at radius 2 is 1.64 bits per heavy atom. The number of esters is 1. The smallest absolute Gasteiger partial charge is 0.339 e. The number of Topliss-reactive ketones (excluding diaryl/α,β-unsaturated/α-hetero) is 1. The van der Waals surface area contributed by atoms with E-state index in [0.717, 1.165) is 10.2 Å². The maximum atomic E-state index is 13.7. The van der Waals surface area contributed by atoms with Gasteiger partial charge in [-0.3, -0.25) is 14.4 Å². The monoisotopic (exact) mass is 607 g/mol. The first-order valence-corrected chi connectivity index (χ1v) is 13.6. The van der Waals surface area contributed by atoms with Crippen molar-refractivity contribution in [1.82, 2.24) is 9.78 Å². The molecule has 1 aromatic heterocycles. The summed E-state index contributed by atoms with van der Waals surface area (Å²) in [6.07, 6.45) is 0.678. The molecule has 9 nitrogen and oxygen atoms in total. The van der Waals surface area contributed by atoms with Crippen LogP contribution in [0.1, 0.15) is 45.7 Å². The van der Waals surface area contributed by atoms with E-state index < -0.39 is 23.5 Å². The second-order valence-electron chi connectivity index (χ2n) is 9.31. The molecule has 0 saturated heterocycles. The fourth-order valence-corrected chi connectivity index (χ4v) is 4.90. The molecule has 0 aliphatic carbocycles. The van der Waals surface area contributed by atoms with E-state index in [1.54, 1.807) is 18.2 Å². The number of nitrogens with one attached hydrogen (secondary N) is 1. The van der Waals surface area contributed by atoms with Crippen LogP contribution in [0.2, 0.25) is 10.0 Å². The minimum absolute atomic E-state index is 0.0300. The molecule has 0 aliphatic heterocycles. The molecule has 0 spiro atoms. The molecule has 3 aromatic carbocycles. The Balaban J connectivity index is 1.76. The van der Waals surface area contributed by atoms with E-state index in [-0.39, 0.29) is 34.2 Å². The molecular formula is C31H27Cl2N3O6. The summed E-state index contributed by atoms with van der Waals surface area (Å²) < 4.78 is 11.3. The zero-order valence-electron chi connectivity index (χ0n) is 23.0. The van der Waals surface area contributed by atoms with Gasteiger partial charge in [0.1, 0.15) is 6.04 Å². The number of carbonyl (C=O) groups excluding carboxylic acids is 3. The number of methoxy groups -OCH3 is 2. The minimum atomic E-state index is -1.06. The van der Waals surface area contributed by atoms with Crippen molar-refractivity contribution >= 4 is 46.5 Å². The molecule has 4 aromatic rings. The van der Waals surface area contributed by atoms with Crippen molar-refractivity contribution in [3.05, 3.63) is 110 Å². The number of aromatic nitrogens is 2. The van der Waals surface area contributed by atoms with Gasteiger partial charge in [0, 0.05) is 22.3 Å². The summed E-state index contributed by atoms with van der Waals surface area (Å²) >= 11 is 12.5. The topological polar surface area (TPSA) is 117 Å². The van der Waals surface area contributed by atoms with Crippen LogP contribution in [0.5, 0.6) is 5.88 Å². The first-order chi connectivity index (χ1) is 20.1. The van der Waals surface area contributed by atoms with E-state index in [9.17, 15) is 19.2 Å². The van der Waals surface area contributed by atoms with Crippen molar-refractivity contribution in [2.45, 2.75) is 25.8 Å². The number of amides is 1. The summed E-state index contributed by atoms with van der Waals surface area (Å²) in [5.74, 6) is -1.36. The standard InChI is InChI=1S/C31H27Cl2N3O6/c1-18(37)22-12-10-20(32)15-24(22)25-17-28(38)36(35-30(25)41-2)27(14-9-19-7-5-4-6-8-19)29(39)34-21-11-13-23(26(33)16-21)31(40)42-3/h4-8,10-13,15-17,27H,9,14H2,1-3H3,(H,34,39)/t27-/m0/s1. The predicted molar refractivity (Wildman–Crippen MR) is 161 cm³/mol. The van der Waals surface area contributed by atoms with Crippen LogP contribution in [0.15, 0.2) is 77.6 Å². The lowest BCUT2D eigenvalue weighted by molar-refractivity contribution is -0.119. The van der Waals surface area contributed by atoms with Gasteiger partial charge < -0.3 is 14.8 Å². The highest BCUT2D eigenvalue weighted by molar-refractivity contribution is 6.34. The zero-order chi connectivity index (χ0) is 30.4.